The molecule has 0 aliphatic rings. The van der Waals surface area contributed by atoms with Crippen molar-refractivity contribution in [2.45, 2.75) is 26.8 Å². The summed E-state index contributed by atoms with van der Waals surface area (Å²) in [6, 6.07) is 3.77. The predicted molar refractivity (Wildman–Crippen MR) is 73.3 cm³/mol. The highest BCUT2D eigenvalue weighted by Gasteiger charge is 2.07. The minimum Gasteiger partial charge on any atom is -0.396 e. The van der Waals surface area contributed by atoms with Crippen LogP contribution in [0.4, 0.5) is 11.5 Å². The number of hydrogen-bond donors (Lipinski definition) is 2. The van der Waals surface area contributed by atoms with E-state index >= 15 is 0 Å². The van der Waals surface area contributed by atoms with Crippen molar-refractivity contribution in [1.29, 1.82) is 0 Å². The van der Waals surface area contributed by atoms with Crippen molar-refractivity contribution in [2.75, 3.05) is 11.1 Å². The Morgan fingerprint density at radius 2 is 2.17 bits per heavy atom. The molecule has 0 spiro atoms. The minimum absolute atomic E-state index is 0.669. The normalized spacial score (nSPS) is 10.6. The first-order valence-electron chi connectivity index (χ1n) is 6.08. The Labute approximate surface area is 107 Å². The highest BCUT2D eigenvalue weighted by molar-refractivity contribution is 5.61. The van der Waals surface area contributed by atoms with E-state index in [1.54, 1.807) is 0 Å². The van der Waals surface area contributed by atoms with E-state index in [2.05, 4.69) is 22.3 Å². The first kappa shape index (κ1) is 12.4. The second-order valence-electron chi connectivity index (χ2n) is 4.37. The molecule has 0 radical (unpaired) electrons. The molecule has 2 rings (SSSR count). The first-order chi connectivity index (χ1) is 8.60. The molecule has 0 fully saturated rings. The van der Waals surface area contributed by atoms with Crippen LogP contribution in [0.1, 0.15) is 23.9 Å². The summed E-state index contributed by atoms with van der Waals surface area (Å²) in [5.74, 6) is 0.737. The molecule has 0 aromatic carbocycles. The molecule has 0 saturated heterocycles. The molecule has 2 aromatic heterocycles. The van der Waals surface area contributed by atoms with Crippen molar-refractivity contribution >= 4 is 11.5 Å². The number of nitrogens with one attached hydrogen (secondary N) is 1. The lowest BCUT2D eigenvalue weighted by atomic mass is 10.2. The number of rotatable bonds is 4. The molecular weight excluding hydrogens is 226 g/mol. The summed E-state index contributed by atoms with van der Waals surface area (Å²) in [5.41, 5.74) is 9.80. The van der Waals surface area contributed by atoms with Crippen LogP contribution >= 0.6 is 0 Å². The van der Waals surface area contributed by atoms with Crippen LogP contribution in [0.5, 0.6) is 0 Å². The van der Waals surface area contributed by atoms with Crippen LogP contribution in [0.25, 0.3) is 0 Å². The van der Waals surface area contributed by atoms with Gasteiger partial charge in [0.25, 0.3) is 0 Å². The second-order valence-corrected chi connectivity index (χ2v) is 4.37. The van der Waals surface area contributed by atoms with Gasteiger partial charge in [0.05, 0.1) is 11.4 Å². The minimum atomic E-state index is 0.669. The molecule has 2 heterocycles. The average molecular weight is 245 g/mol. The van der Waals surface area contributed by atoms with Gasteiger partial charge >= 0.3 is 0 Å². The van der Waals surface area contributed by atoms with Gasteiger partial charge < -0.3 is 11.1 Å². The summed E-state index contributed by atoms with van der Waals surface area (Å²) in [5, 5.41) is 7.68. The van der Waals surface area contributed by atoms with Crippen LogP contribution in [0.2, 0.25) is 0 Å². The van der Waals surface area contributed by atoms with Crippen LogP contribution in [0.15, 0.2) is 18.3 Å². The molecule has 0 bridgehead atoms. The number of aromatic nitrogens is 3. The SMILES string of the molecule is CCc1nn(C)cc1CNc1nc(C)ccc1N. The van der Waals surface area contributed by atoms with E-state index in [0.717, 1.165) is 23.6 Å². The average Bonchev–Trinajstić information content (AvgIpc) is 2.71. The quantitative estimate of drug-likeness (QED) is 0.863. The molecule has 0 aliphatic carbocycles. The molecule has 0 unspecified atom stereocenters. The monoisotopic (exact) mass is 245 g/mol. The van der Waals surface area contributed by atoms with Gasteiger partial charge in [-0.1, -0.05) is 6.92 Å². The molecule has 5 heteroatoms. The maximum absolute atomic E-state index is 5.88. The van der Waals surface area contributed by atoms with E-state index in [1.165, 1.54) is 5.56 Å². The summed E-state index contributed by atoms with van der Waals surface area (Å²) < 4.78 is 1.84. The molecule has 0 aliphatic heterocycles. The number of nitrogens with two attached hydrogens (primary N) is 1. The Morgan fingerprint density at radius 3 is 2.89 bits per heavy atom. The van der Waals surface area contributed by atoms with E-state index in [4.69, 9.17) is 5.73 Å². The molecule has 0 amide bonds. The third-order valence-corrected chi connectivity index (χ3v) is 2.84. The fourth-order valence-electron chi connectivity index (χ4n) is 1.92. The third-order valence-electron chi connectivity index (χ3n) is 2.84. The highest BCUT2D eigenvalue weighted by Crippen LogP contribution is 2.17. The number of anilines is 2. The van der Waals surface area contributed by atoms with E-state index in [-0.39, 0.29) is 0 Å². The number of pyridine rings is 1. The second kappa shape index (κ2) is 5.08. The molecular formula is C13H19N5. The zero-order valence-electron chi connectivity index (χ0n) is 11.1. The molecule has 18 heavy (non-hydrogen) atoms. The fraction of sp³-hybridized carbons (Fsp3) is 0.385. The van der Waals surface area contributed by atoms with Crippen LogP contribution in [0, 0.1) is 6.92 Å². The van der Waals surface area contributed by atoms with Gasteiger partial charge in [-0.25, -0.2) is 4.98 Å². The largest absolute Gasteiger partial charge is 0.396 e. The standard InChI is InChI=1S/C13H19N5/c1-4-12-10(8-18(3)17-12)7-15-13-11(14)6-5-9(2)16-13/h5-6,8H,4,7,14H2,1-3H3,(H,15,16). The maximum atomic E-state index is 5.88. The van der Waals surface area contributed by atoms with Crippen molar-refractivity contribution in [3.8, 4) is 0 Å². The summed E-state index contributed by atoms with van der Waals surface area (Å²) in [7, 11) is 1.93. The van der Waals surface area contributed by atoms with Crippen LogP contribution in [-0.4, -0.2) is 14.8 Å². The van der Waals surface area contributed by atoms with Gasteiger partial charge in [0.15, 0.2) is 0 Å². The molecule has 0 saturated carbocycles. The van der Waals surface area contributed by atoms with E-state index in [1.807, 2.05) is 37.0 Å². The number of nitrogens with zero attached hydrogens (tertiary/aromatic N) is 3. The highest BCUT2D eigenvalue weighted by atomic mass is 15.3. The van der Waals surface area contributed by atoms with Gasteiger partial charge in [-0.3, -0.25) is 4.68 Å². The van der Waals surface area contributed by atoms with Crippen molar-refractivity contribution < 1.29 is 0 Å². The Hall–Kier alpha value is -2.04. The van der Waals surface area contributed by atoms with Gasteiger partial charge in [-0.2, -0.15) is 5.10 Å². The zero-order chi connectivity index (χ0) is 13.1. The zero-order valence-corrected chi connectivity index (χ0v) is 11.1. The van der Waals surface area contributed by atoms with Gasteiger partial charge in [0.2, 0.25) is 0 Å². The van der Waals surface area contributed by atoms with Crippen molar-refractivity contribution in [3.05, 3.63) is 35.3 Å². The third kappa shape index (κ3) is 2.61. The summed E-state index contributed by atoms with van der Waals surface area (Å²) in [6.07, 6.45) is 2.95. The summed E-state index contributed by atoms with van der Waals surface area (Å²) in [6.45, 7) is 4.74. The molecule has 3 N–H and O–H groups in total. The summed E-state index contributed by atoms with van der Waals surface area (Å²) >= 11 is 0. The van der Waals surface area contributed by atoms with E-state index < -0.39 is 0 Å². The lowest BCUT2D eigenvalue weighted by Crippen LogP contribution is -2.06. The van der Waals surface area contributed by atoms with E-state index in [9.17, 15) is 0 Å². The van der Waals surface area contributed by atoms with Gasteiger partial charge in [0.1, 0.15) is 5.82 Å². The van der Waals surface area contributed by atoms with Crippen LogP contribution in [0.3, 0.4) is 0 Å². The Balaban J connectivity index is 2.13. The summed E-state index contributed by atoms with van der Waals surface area (Å²) in [4.78, 5) is 4.39. The first-order valence-corrected chi connectivity index (χ1v) is 6.08. The molecule has 2 aromatic rings. The Morgan fingerprint density at radius 1 is 1.39 bits per heavy atom. The topological polar surface area (TPSA) is 68.8 Å². The van der Waals surface area contributed by atoms with Crippen molar-refractivity contribution in [2.24, 2.45) is 7.05 Å². The predicted octanol–water partition coefficient (Wildman–Crippen LogP) is 1.88. The number of hydrogen-bond acceptors (Lipinski definition) is 4. The number of nitrogen functional groups attached to an aromatic ring is 1. The van der Waals surface area contributed by atoms with Crippen molar-refractivity contribution in [1.82, 2.24) is 14.8 Å². The fourth-order valence-corrected chi connectivity index (χ4v) is 1.92. The Bertz CT molecular complexity index is 544. The maximum Gasteiger partial charge on any atom is 0.149 e. The molecule has 0 atom stereocenters. The van der Waals surface area contributed by atoms with Gasteiger partial charge in [0, 0.05) is 31.0 Å². The number of aryl methyl sites for hydroxylation is 3. The lowest BCUT2D eigenvalue weighted by Gasteiger charge is -2.08. The van der Waals surface area contributed by atoms with Gasteiger partial charge in [-0.05, 0) is 25.5 Å². The Kier molecular flexibility index (Phi) is 3.50. The van der Waals surface area contributed by atoms with E-state index in [0.29, 0.717) is 12.2 Å². The van der Waals surface area contributed by atoms with Crippen molar-refractivity contribution in [3.63, 3.8) is 0 Å². The lowest BCUT2D eigenvalue weighted by molar-refractivity contribution is 0.746. The smallest absolute Gasteiger partial charge is 0.149 e. The van der Waals surface area contributed by atoms with Crippen LogP contribution in [-0.2, 0) is 20.0 Å². The van der Waals surface area contributed by atoms with Gasteiger partial charge in [-0.15, -0.1) is 0 Å². The molecule has 96 valence electrons. The van der Waals surface area contributed by atoms with Crippen LogP contribution < -0.4 is 11.1 Å². The molecule has 5 nitrogen and oxygen atoms in total.